The van der Waals surface area contributed by atoms with Crippen molar-refractivity contribution >= 4 is 34.7 Å². The van der Waals surface area contributed by atoms with E-state index in [4.69, 9.17) is 10.5 Å². The minimum Gasteiger partial charge on any atom is -0.462 e. The number of hydrogen-bond donors (Lipinski definition) is 3. The second-order valence-electron chi connectivity index (χ2n) is 6.41. The molecule has 0 spiro atoms. The molecule has 3 rings (SSSR count). The molecule has 4 N–H and O–H groups in total. The zero-order chi connectivity index (χ0) is 20.1. The Hall–Kier alpha value is -3.61. The first-order valence-electron chi connectivity index (χ1n) is 8.96. The van der Waals surface area contributed by atoms with Crippen molar-refractivity contribution in [1.82, 2.24) is 9.97 Å². The summed E-state index contributed by atoms with van der Waals surface area (Å²) >= 11 is 0. The molecule has 0 atom stereocenters. The number of carbonyl (C=O) groups is 1. The first kappa shape index (κ1) is 19.2. The van der Waals surface area contributed by atoms with E-state index in [1.54, 1.807) is 31.2 Å². The molecular weight excluding hydrogens is 354 g/mol. The molecule has 2 aromatic carbocycles. The molecule has 1 aromatic heterocycles. The maximum atomic E-state index is 11.7. The fourth-order valence-electron chi connectivity index (χ4n) is 2.82. The lowest BCUT2D eigenvalue weighted by molar-refractivity contribution is 0.0526. The Bertz CT molecular complexity index is 966. The van der Waals surface area contributed by atoms with Gasteiger partial charge in [0.15, 0.2) is 11.6 Å². The summed E-state index contributed by atoms with van der Waals surface area (Å²) in [4.78, 5) is 20.2. The molecule has 0 saturated carbocycles. The number of nitrogens with zero attached hydrogens (tertiary/aromatic N) is 2. The number of aryl methyl sites for hydroxylation is 2. The van der Waals surface area contributed by atoms with Crippen LogP contribution < -0.4 is 16.4 Å². The summed E-state index contributed by atoms with van der Waals surface area (Å²) in [5.74, 6) is 0.645. The highest BCUT2D eigenvalue weighted by Crippen LogP contribution is 2.28. The third-order valence-corrected chi connectivity index (χ3v) is 4.03. The molecule has 0 aliphatic rings. The molecule has 0 saturated heterocycles. The number of benzene rings is 2. The monoisotopic (exact) mass is 377 g/mol. The van der Waals surface area contributed by atoms with Crippen LogP contribution in [-0.4, -0.2) is 22.5 Å². The number of nitrogens with two attached hydrogens (primary N) is 1. The molecule has 28 heavy (non-hydrogen) atoms. The van der Waals surface area contributed by atoms with Crippen LogP contribution in [0, 0.1) is 13.8 Å². The van der Waals surface area contributed by atoms with Gasteiger partial charge in [0.05, 0.1) is 12.2 Å². The Balaban J connectivity index is 1.78. The van der Waals surface area contributed by atoms with Gasteiger partial charge in [-0.1, -0.05) is 6.07 Å². The number of anilines is 5. The van der Waals surface area contributed by atoms with Gasteiger partial charge in [0, 0.05) is 11.4 Å². The maximum absolute atomic E-state index is 11.7. The van der Waals surface area contributed by atoms with E-state index in [2.05, 4.69) is 26.7 Å². The number of esters is 1. The minimum atomic E-state index is -0.351. The Labute approximate surface area is 164 Å². The van der Waals surface area contributed by atoms with Gasteiger partial charge in [-0.2, -0.15) is 0 Å². The summed E-state index contributed by atoms with van der Waals surface area (Å²) < 4.78 is 4.99. The van der Waals surface area contributed by atoms with E-state index in [0.29, 0.717) is 29.5 Å². The van der Waals surface area contributed by atoms with Crippen LogP contribution in [0.25, 0.3) is 0 Å². The van der Waals surface area contributed by atoms with Crippen LogP contribution in [0.15, 0.2) is 48.8 Å². The second kappa shape index (κ2) is 8.39. The van der Waals surface area contributed by atoms with Gasteiger partial charge in [-0.15, -0.1) is 0 Å². The molecule has 3 aromatic rings. The quantitative estimate of drug-likeness (QED) is 0.549. The smallest absolute Gasteiger partial charge is 0.338 e. The van der Waals surface area contributed by atoms with Crippen LogP contribution in [0.4, 0.5) is 28.7 Å². The van der Waals surface area contributed by atoms with Gasteiger partial charge in [-0.3, -0.25) is 0 Å². The van der Waals surface area contributed by atoms with Gasteiger partial charge in [0.25, 0.3) is 0 Å². The summed E-state index contributed by atoms with van der Waals surface area (Å²) in [6.07, 6.45) is 1.44. The first-order chi connectivity index (χ1) is 13.5. The molecule has 0 amide bonds. The average molecular weight is 377 g/mol. The van der Waals surface area contributed by atoms with E-state index in [0.717, 1.165) is 22.5 Å². The lowest BCUT2D eigenvalue weighted by Gasteiger charge is -2.13. The fourth-order valence-corrected chi connectivity index (χ4v) is 2.82. The Morgan fingerprint density at radius 2 is 1.54 bits per heavy atom. The van der Waals surface area contributed by atoms with Crippen molar-refractivity contribution in [2.75, 3.05) is 23.0 Å². The van der Waals surface area contributed by atoms with Gasteiger partial charge in [0.1, 0.15) is 12.0 Å². The number of carbonyl (C=O) groups excluding carboxylic acids is 1. The van der Waals surface area contributed by atoms with Gasteiger partial charge in [0.2, 0.25) is 0 Å². The van der Waals surface area contributed by atoms with Crippen molar-refractivity contribution in [3.63, 3.8) is 0 Å². The van der Waals surface area contributed by atoms with E-state index < -0.39 is 0 Å². The third-order valence-electron chi connectivity index (χ3n) is 4.03. The standard InChI is InChI=1S/C21H23N5O2/c1-4-28-21(27)15-5-7-16(8-6-15)25-19-18(22)20(24-12-23-19)26-17-10-13(2)9-14(3)11-17/h5-12H,4,22H2,1-3H3,(H2,23,24,25,26). The van der Waals surface area contributed by atoms with Crippen molar-refractivity contribution in [3.8, 4) is 0 Å². The predicted molar refractivity (Wildman–Crippen MR) is 111 cm³/mol. The van der Waals surface area contributed by atoms with E-state index in [1.807, 2.05) is 26.0 Å². The van der Waals surface area contributed by atoms with E-state index in [1.165, 1.54) is 6.33 Å². The summed E-state index contributed by atoms with van der Waals surface area (Å²) in [6.45, 7) is 6.19. The number of nitrogen functional groups attached to an aromatic ring is 1. The first-order valence-corrected chi connectivity index (χ1v) is 8.96. The fraction of sp³-hybridized carbons (Fsp3) is 0.190. The van der Waals surface area contributed by atoms with Crippen LogP contribution in [0.3, 0.4) is 0 Å². The normalized spacial score (nSPS) is 10.4. The van der Waals surface area contributed by atoms with E-state index in [9.17, 15) is 4.79 Å². The Morgan fingerprint density at radius 1 is 0.964 bits per heavy atom. The van der Waals surface area contributed by atoms with Gasteiger partial charge in [-0.25, -0.2) is 14.8 Å². The Morgan fingerprint density at radius 3 is 2.11 bits per heavy atom. The Kier molecular flexibility index (Phi) is 5.74. The average Bonchev–Trinajstić information content (AvgIpc) is 2.65. The van der Waals surface area contributed by atoms with Gasteiger partial charge in [-0.05, 0) is 68.3 Å². The van der Waals surface area contributed by atoms with E-state index >= 15 is 0 Å². The number of ether oxygens (including phenoxy) is 1. The largest absolute Gasteiger partial charge is 0.462 e. The van der Waals surface area contributed by atoms with Crippen molar-refractivity contribution in [1.29, 1.82) is 0 Å². The molecule has 7 heteroatoms. The van der Waals surface area contributed by atoms with Crippen LogP contribution in [0.5, 0.6) is 0 Å². The summed E-state index contributed by atoms with van der Waals surface area (Å²) in [5.41, 5.74) is 11.1. The summed E-state index contributed by atoms with van der Waals surface area (Å²) in [5, 5.41) is 6.39. The van der Waals surface area contributed by atoms with Crippen molar-refractivity contribution in [2.45, 2.75) is 20.8 Å². The highest BCUT2D eigenvalue weighted by Gasteiger charge is 2.10. The van der Waals surface area contributed by atoms with Gasteiger partial charge >= 0.3 is 5.97 Å². The molecule has 144 valence electrons. The number of nitrogens with one attached hydrogen (secondary N) is 2. The maximum Gasteiger partial charge on any atom is 0.338 e. The van der Waals surface area contributed by atoms with E-state index in [-0.39, 0.29) is 5.97 Å². The molecule has 7 nitrogen and oxygen atoms in total. The molecule has 0 radical (unpaired) electrons. The molecule has 0 unspecified atom stereocenters. The molecule has 0 aliphatic heterocycles. The van der Waals surface area contributed by atoms with Crippen LogP contribution in [0.1, 0.15) is 28.4 Å². The van der Waals surface area contributed by atoms with Gasteiger partial charge < -0.3 is 21.1 Å². The topological polar surface area (TPSA) is 102 Å². The highest BCUT2D eigenvalue weighted by molar-refractivity contribution is 5.90. The van der Waals surface area contributed by atoms with Crippen LogP contribution in [-0.2, 0) is 4.74 Å². The molecular formula is C21H23N5O2. The molecule has 0 fully saturated rings. The summed E-state index contributed by atoms with van der Waals surface area (Å²) in [7, 11) is 0. The van der Waals surface area contributed by atoms with Crippen LogP contribution in [0.2, 0.25) is 0 Å². The zero-order valence-corrected chi connectivity index (χ0v) is 16.1. The summed E-state index contributed by atoms with van der Waals surface area (Å²) in [6, 6.07) is 13.1. The predicted octanol–water partition coefficient (Wildman–Crippen LogP) is 4.34. The highest BCUT2D eigenvalue weighted by atomic mass is 16.5. The SMILES string of the molecule is CCOC(=O)c1ccc(Nc2ncnc(Nc3cc(C)cc(C)c3)c2N)cc1. The zero-order valence-electron chi connectivity index (χ0n) is 16.1. The van der Waals surface area contributed by atoms with Crippen LogP contribution >= 0.6 is 0 Å². The second-order valence-corrected chi connectivity index (χ2v) is 6.41. The van der Waals surface area contributed by atoms with Crippen molar-refractivity contribution in [2.24, 2.45) is 0 Å². The molecule has 1 heterocycles. The van der Waals surface area contributed by atoms with Crippen molar-refractivity contribution < 1.29 is 9.53 Å². The van der Waals surface area contributed by atoms with Crippen molar-refractivity contribution in [3.05, 3.63) is 65.5 Å². The number of hydrogen-bond acceptors (Lipinski definition) is 7. The lowest BCUT2D eigenvalue weighted by Crippen LogP contribution is -2.06. The third kappa shape index (κ3) is 4.56. The lowest BCUT2D eigenvalue weighted by atomic mass is 10.1. The molecule has 0 bridgehead atoms. The molecule has 0 aliphatic carbocycles. The number of aromatic nitrogens is 2. The number of rotatable bonds is 6. The minimum absolute atomic E-state index is 0.340.